The fourth-order valence-corrected chi connectivity index (χ4v) is 2.69. The van der Waals surface area contributed by atoms with Crippen LogP contribution in [0, 0.1) is 5.92 Å². The highest BCUT2D eigenvalue weighted by Crippen LogP contribution is 2.24. The molecule has 1 aromatic carbocycles. The summed E-state index contributed by atoms with van der Waals surface area (Å²) in [6.07, 6.45) is 6.55. The molecule has 2 rings (SSSR count). The molecule has 0 unspecified atom stereocenters. The molecule has 20 heavy (non-hydrogen) atoms. The largest absolute Gasteiger partial charge is 0.357 e. The van der Waals surface area contributed by atoms with Gasteiger partial charge >= 0.3 is 0 Å². The van der Waals surface area contributed by atoms with Gasteiger partial charge in [0, 0.05) is 12.3 Å². The minimum Gasteiger partial charge on any atom is -0.357 e. The van der Waals surface area contributed by atoms with Crippen molar-refractivity contribution in [3.05, 3.63) is 35.9 Å². The van der Waals surface area contributed by atoms with Crippen molar-refractivity contribution >= 4 is 23.0 Å². The highest BCUT2D eigenvalue weighted by atomic mass is 32.1. The van der Waals surface area contributed by atoms with E-state index in [1.165, 1.54) is 43.4 Å². The fraction of sp³-hybridized carbons (Fsp3) is 0.500. The van der Waals surface area contributed by atoms with E-state index in [9.17, 15) is 0 Å². The van der Waals surface area contributed by atoms with Crippen molar-refractivity contribution in [2.24, 2.45) is 11.0 Å². The summed E-state index contributed by atoms with van der Waals surface area (Å²) in [5.41, 5.74) is 5.35. The predicted octanol–water partition coefficient (Wildman–Crippen LogP) is 3.61. The molecule has 3 nitrogen and oxygen atoms in total. The zero-order chi connectivity index (χ0) is 14.2. The normalized spacial score (nSPS) is 16.8. The first-order valence-corrected chi connectivity index (χ1v) is 7.78. The molecule has 2 N–H and O–H groups in total. The minimum atomic E-state index is 0.587. The molecule has 4 heteroatoms. The molecule has 0 atom stereocenters. The van der Waals surface area contributed by atoms with E-state index >= 15 is 0 Å². The van der Waals surface area contributed by atoms with E-state index in [-0.39, 0.29) is 0 Å². The van der Waals surface area contributed by atoms with Crippen LogP contribution < -0.4 is 10.7 Å². The van der Waals surface area contributed by atoms with Gasteiger partial charge in [-0.25, -0.2) is 0 Å². The SMILES string of the molecule is C/C(=N/NC(=S)NCc1ccccc1)C1CCCCC1. The van der Waals surface area contributed by atoms with Gasteiger partial charge in [-0.05, 0) is 43.5 Å². The molecular formula is C16H23N3S. The van der Waals surface area contributed by atoms with Crippen molar-refractivity contribution in [1.29, 1.82) is 0 Å². The molecule has 0 aromatic heterocycles. The Morgan fingerprint density at radius 2 is 1.90 bits per heavy atom. The average molecular weight is 289 g/mol. The molecule has 0 radical (unpaired) electrons. The molecule has 0 heterocycles. The van der Waals surface area contributed by atoms with Crippen molar-refractivity contribution in [2.75, 3.05) is 0 Å². The van der Waals surface area contributed by atoms with Gasteiger partial charge in [0.2, 0.25) is 0 Å². The molecule has 1 fully saturated rings. The third kappa shape index (κ3) is 4.93. The molecule has 108 valence electrons. The number of rotatable bonds is 4. The van der Waals surface area contributed by atoms with Crippen molar-refractivity contribution in [3.63, 3.8) is 0 Å². The quantitative estimate of drug-likeness (QED) is 0.505. The molecule has 0 aliphatic heterocycles. The van der Waals surface area contributed by atoms with E-state index in [4.69, 9.17) is 12.2 Å². The van der Waals surface area contributed by atoms with E-state index in [1.54, 1.807) is 0 Å². The van der Waals surface area contributed by atoms with E-state index in [1.807, 2.05) is 18.2 Å². The molecular weight excluding hydrogens is 266 g/mol. The molecule has 1 saturated carbocycles. The van der Waals surface area contributed by atoms with Gasteiger partial charge in [-0.15, -0.1) is 0 Å². The Hall–Kier alpha value is -1.42. The standard InChI is InChI=1S/C16H23N3S/c1-13(15-10-6-3-7-11-15)18-19-16(20)17-12-14-8-4-2-5-9-14/h2,4-5,8-9,15H,3,6-7,10-12H2,1H3,(H2,17,19,20)/b18-13-. The molecule has 0 bridgehead atoms. The zero-order valence-corrected chi connectivity index (χ0v) is 12.9. The van der Waals surface area contributed by atoms with E-state index in [0.29, 0.717) is 11.0 Å². The summed E-state index contributed by atoms with van der Waals surface area (Å²) in [6.45, 7) is 2.83. The van der Waals surface area contributed by atoms with Gasteiger partial charge in [-0.1, -0.05) is 49.6 Å². The van der Waals surface area contributed by atoms with Crippen LogP contribution in [0.1, 0.15) is 44.6 Å². The summed E-state index contributed by atoms with van der Waals surface area (Å²) in [7, 11) is 0. The average Bonchev–Trinajstić information content (AvgIpc) is 2.52. The van der Waals surface area contributed by atoms with Crippen LogP contribution in [0.15, 0.2) is 35.4 Å². The second-order valence-corrected chi connectivity index (χ2v) is 5.78. The van der Waals surface area contributed by atoms with Crippen molar-refractivity contribution < 1.29 is 0 Å². The Morgan fingerprint density at radius 1 is 1.20 bits per heavy atom. The number of benzene rings is 1. The van der Waals surface area contributed by atoms with E-state index in [0.717, 1.165) is 6.54 Å². The second kappa shape index (κ2) is 8.00. The number of hydrazone groups is 1. The number of thiocarbonyl (C=S) groups is 1. The summed E-state index contributed by atoms with van der Waals surface area (Å²) in [5.74, 6) is 0.633. The van der Waals surface area contributed by atoms with Crippen LogP contribution in [-0.4, -0.2) is 10.8 Å². The van der Waals surface area contributed by atoms with Crippen LogP contribution in [0.4, 0.5) is 0 Å². The first-order chi connectivity index (χ1) is 9.75. The van der Waals surface area contributed by atoms with Crippen LogP contribution in [0.5, 0.6) is 0 Å². The van der Waals surface area contributed by atoms with Crippen molar-refractivity contribution in [3.8, 4) is 0 Å². The molecule has 0 amide bonds. The fourth-order valence-electron chi connectivity index (χ4n) is 2.57. The Balaban J connectivity index is 1.73. The Labute approximate surface area is 126 Å². The first-order valence-electron chi connectivity index (χ1n) is 7.37. The molecule has 1 aliphatic rings. The predicted molar refractivity (Wildman–Crippen MR) is 88.7 cm³/mol. The van der Waals surface area contributed by atoms with E-state index in [2.05, 4.69) is 34.9 Å². The lowest BCUT2D eigenvalue weighted by Gasteiger charge is -2.21. The maximum absolute atomic E-state index is 5.24. The van der Waals surface area contributed by atoms with Crippen LogP contribution in [0.3, 0.4) is 0 Å². The van der Waals surface area contributed by atoms with Crippen LogP contribution >= 0.6 is 12.2 Å². The monoisotopic (exact) mass is 289 g/mol. The first kappa shape index (κ1) is 15.0. The van der Waals surface area contributed by atoms with Gasteiger partial charge in [-0.2, -0.15) is 5.10 Å². The topological polar surface area (TPSA) is 36.4 Å². The van der Waals surface area contributed by atoms with Gasteiger partial charge in [0.05, 0.1) is 0 Å². The third-order valence-electron chi connectivity index (χ3n) is 3.83. The van der Waals surface area contributed by atoms with Crippen LogP contribution in [0.2, 0.25) is 0 Å². The highest BCUT2D eigenvalue weighted by Gasteiger charge is 2.15. The van der Waals surface area contributed by atoms with Gasteiger partial charge in [-0.3, -0.25) is 5.43 Å². The van der Waals surface area contributed by atoms with Crippen molar-refractivity contribution in [1.82, 2.24) is 10.7 Å². The Kier molecular flexibility index (Phi) is 5.99. The number of hydrogen-bond acceptors (Lipinski definition) is 2. The number of hydrogen-bond donors (Lipinski definition) is 2. The van der Waals surface area contributed by atoms with Gasteiger partial charge in [0.15, 0.2) is 5.11 Å². The molecule has 0 saturated heterocycles. The smallest absolute Gasteiger partial charge is 0.187 e. The molecule has 0 spiro atoms. The second-order valence-electron chi connectivity index (χ2n) is 5.37. The molecule has 1 aromatic rings. The lowest BCUT2D eigenvalue weighted by Crippen LogP contribution is -2.32. The summed E-state index contributed by atoms with van der Waals surface area (Å²) in [5, 5.41) is 8.18. The molecule has 1 aliphatic carbocycles. The summed E-state index contributed by atoms with van der Waals surface area (Å²) < 4.78 is 0. The van der Waals surface area contributed by atoms with Gasteiger partial charge < -0.3 is 5.32 Å². The lowest BCUT2D eigenvalue weighted by molar-refractivity contribution is 0.437. The lowest BCUT2D eigenvalue weighted by atomic mass is 9.86. The highest BCUT2D eigenvalue weighted by molar-refractivity contribution is 7.80. The summed E-state index contributed by atoms with van der Waals surface area (Å²) in [6, 6.07) is 10.2. The summed E-state index contributed by atoms with van der Waals surface area (Å²) in [4.78, 5) is 0. The summed E-state index contributed by atoms with van der Waals surface area (Å²) >= 11 is 5.24. The Morgan fingerprint density at radius 3 is 2.60 bits per heavy atom. The zero-order valence-electron chi connectivity index (χ0n) is 12.1. The van der Waals surface area contributed by atoms with Crippen LogP contribution in [-0.2, 0) is 6.54 Å². The maximum Gasteiger partial charge on any atom is 0.187 e. The van der Waals surface area contributed by atoms with E-state index < -0.39 is 0 Å². The third-order valence-corrected chi connectivity index (χ3v) is 4.06. The number of nitrogens with zero attached hydrogens (tertiary/aromatic N) is 1. The van der Waals surface area contributed by atoms with Gasteiger partial charge in [0.25, 0.3) is 0 Å². The maximum atomic E-state index is 5.24. The van der Waals surface area contributed by atoms with Gasteiger partial charge in [0.1, 0.15) is 0 Å². The van der Waals surface area contributed by atoms with Crippen molar-refractivity contribution in [2.45, 2.75) is 45.6 Å². The minimum absolute atomic E-state index is 0.587. The number of nitrogens with one attached hydrogen (secondary N) is 2. The Bertz CT molecular complexity index is 450. The van der Waals surface area contributed by atoms with Crippen LogP contribution in [0.25, 0.3) is 0 Å².